The first kappa shape index (κ1) is 14.0. The van der Waals surface area contributed by atoms with Crippen LogP contribution in [-0.4, -0.2) is 23.2 Å². The molecule has 1 N–H and O–H groups in total. The second-order valence-electron chi connectivity index (χ2n) is 4.84. The molecule has 0 bridgehead atoms. The van der Waals surface area contributed by atoms with Crippen LogP contribution in [0.3, 0.4) is 0 Å². The molecule has 2 unspecified atom stereocenters. The third-order valence-electron chi connectivity index (χ3n) is 3.34. The molecule has 0 aliphatic heterocycles. The summed E-state index contributed by atoms with van der Waals surface area (Å²) in [6, 6.07) is 8.37. The first-order valence-electron chi connectivity index (χ1n) is 6.47. The summed E-state index contributed by atoms with van der Waals surface area (Å²) in [5.41, 5.74) is 0.878. The lowest BCUT2D eigenvalue weighted by molar-refractivity contribution is 0.199. The molecule has 0 spiro atoms. The van der Waals surface area contributed by atoms with Gasteiger partial charge < -0.3 is 10.0 Å². The van der Waals surface area contributed by atoms with Crippen LogP contribution in [0, 0.1) is 0 Å². The van der Waals surface area contributed by atoms with Crippen LogP contribution in [0.25, 0.3) is 0 Å². The zero-order valence-electron chi connectivity index (χ0n) is 11.6. The minimum atomic E-state index is -0.500. The maximum absolute atomic E-state index is 9.83. The van der Waals surface area contributed by atoms with Gasteiger partial charge in [-0.25, -0.2) is 4.98 Å². The fourth-order valence-corrected chi connectivity index (χ4v) is 2.92. The fraction of sp³-hybridized carbons (Fsp3) is 0.400. The molecule has 0 aromatic carbocycles. The van der Waals surface area contributed by atoms with Crippen LogP contribution in [0.4, 0.5) is 5.82 Å². The quantitative estimate of drug-likeness (QED) is 0.910. The van der Waals surface area contributed by atoms with Crippen LogP contribution in [-0.2, 0) is 6.42 Å². The van der Waals surface area contributed by atoms with Gasteiger partial charge in [0, 0.05) is 36.1 Å². The van der Waals surface area contributed by atoms with Gasteiger partial charge in [-0.15, -0.1) is 11.3 Å². The number of hydrogen-bond donors (Lipinski definition) is 1. The van der Waals surface area contributed by atoms with Crippen molar-refractivity contribution in [2.45, 2.75) is 32.4 Å². The van der Waals surface area contributed by atoms with Gasteiger partial charge in [0.05, 0.1) is 6.10 Å². The minimum Gasteiger partial charge on any atom is -0.389 e. The number of likely N-dealkylation sites (N-methyl/N-ethyl adjacent to an activating group) is 1. The van der Waals surface area contributed by atoms with Crippen molar-refractivity contribution >= 4 is 17.2 Å². The highest BCUT2D eigenvalue weighted by Gasteiger charge is 2.17. The average Bonchev–Trinajstić information content (AvgIpc) is 2.90. The van der Waals surface area contributed by atoms with Gasteiger partial charge in [0.25, 0.3) is 0 Å². The van der Waals surface area contributed by atoms with E-state index < -0.39 is 6.10 Å². The van der Waals surface area contributed by atoms with E-state index in [1.807, 2.05) is 19.2 Å². The molecule has 2 heterocycles. The lowest BCUT2D eigenvalue weighted by atomic mass is 10.1. The second-order valence-corrected chi connectivity index (χ2v) is 5.87. The topological polar surface area (TPSA) is 36.4 Å². The highest BCUT2D eigenvalue weighted by atomic mass is 32.1. The summed E-state index contributed by atoms with van der Waals surface area (Å²) in [4.78, 5) is 7.93. The Bertz CT molecular complexity index is 511. The number of hydrogen-bond acceptors (Lipinski definition) is 4. The molecule has 3 nitrogen and oxygen atoms in total. The lowest BCUT2D eigenvalue weighted by Gasteiger charge is -2.28. The number of aromatic nitrogens is 1. The van der Waals surface area contributed by atoms with Crippen LogP contribution in [0.15, 0.2) is 35.8 Å². The van der Waals surface area contributed by atoms with E-state index in [9.17, 15) is 5.11 Å². The number of nitrogens with zero attached hydrogens (tertiary/aromatic N) is 2. The molecule has 0 fully saturated rings. The third kappa shape index (κ3) is 3.33. The molecule has 0 aliphatic rings. The number of pyridine rings is 1. The van der Waals surface area contributed by atoms with Crippen molar-refractivity contribution in [3.8, 4) is 0 Å². The maximum Gasteiger partial charge on any atom is 0.134 e. The van der Waals surface area contributed by atoms with Gasteiger partial charge in [-0.3, -0.25) is 0 Å². The molecule has 2 aromatic heterocycles. The minimum absolute atomic E-state index is 0.339. The Labute approximate surface area is 118 Å². The Hall–Kier alpha value is -1.39. The largest absolute Gasteiger partial charge is 0.389 e. The molecule has 2 aromatic rings. The van der Waals surface area contributed by atoms with Crippen molar-refractivity contribution in [1.29, 1.82) is 0 Å². The summed E-state index contributed by atoms with van der Waals surface area (Å²) >= 11 is 1.78. The Kier molecular flexibility index (Phi) is 4.56. The summed E-state index contributed by atoms with van der Waals surface area (Å²) in [5.74, 6) is 0.863. The summed E-state index contributed by atoms with van der Waals surface area (Å²) in [6.07, 6.45) is 2.26. The molecule has 4 heteroatoms. The van der Waals surface area contributed by atoms with Gasteiger partial charge >= 0.3 is 0 Å². The van der Waals surface area contributed by atoms with Crippen molar-refractivity contribution < 1.29 is 5.11 Å². The summed E-state index contributed by atoms with van der Waals surface area (Å²) in [6.45, 7) is 3.96. The van der Waals surface area contributed by atoms with Gasteiger partial charge in [-0.05, 0) is 31.4 Å². The lowest BCUT2D eigenvalue weighted by Crippen LogP contribution is -2.32. The van der Waals surface area contributed by atoms with Crippen LogP contribution in [0.2, 0.25) is 0 Å². The molecule has 2 atom stereocenters. The SMILES string of the molecule is CC(O)c1cccnc1N(C)C(C)Cc1cccs1. The van der Waals surface area contributed by atoms with Crippen LogP contribution in [0.5, 0.6) is 0 Å². The first-order valence-corrected chi connectivity index (χ1v) is 7.35. The van der Waals surface area contributed by atoms with Crippen LogP contribution in [0.1, 0.15) is 30.4 Å². The van der Waals surface area contributed by atoms with E-state index in [0.29, 0.717) is 6.04 Å². The Morgan fingerprint density at radius 3 is 2.74 bits per heavy atom. The molecular formula is C15H20N2OS. The Morgan fingerprint density at radius 1 is 1.32 bits per heavy atom. The van der Waals surface area contributed by atoms with Crippen molar-refractivity contribution in [1.82, 2.24) is 4.98 Å². The van der Waals surface area contributed by atoms with E-state index in [0.717, 1.165) is 17.8 Å². The maximum atomic E-state index is 9.83. The molecule has 0 radical (unpaired) electrons. The molecule has 0 amide bonds. The van der Waals surface area contributed by atoms with E-state index in [2.05, 4.69) is 34.3 Å². The highest BCUT2D eigenvalue weighted by molar-refractivity contribution is 7.09. The van der Waals surface area contributed by atoms with E-state index in [-0.39, 0.29) is 0 Å². The van der Waals surface area contributed by atoms with Crippen LogP contribution >= 0.6 is 11.3 Å². The third-order valence-corrected chi connectivity index (χ3v) is 4.24. The smallest absolute Gasteiger partial charge is 0.134 e. The molecular weight excluding hydrogens is 256 g/mol. The number of rotatable bonds is 5. The second kappa shape index (κ2) is 6.17. The highest BCUT2D eigenvalue weighted by Crippen LogP contribution is 2.25. The number of aliphatic hydroxyl groups excluding tert-OH is 1. The number of aliphatic hydroxyl groups is 1. The molecule has 0 saturated carbocycles. The van der Waals surface area contributed by atoms with Gasteiger partial charge in [-0.2, -0.15) is 0 Å². The Balaban J connectivity index is 2.16. The van der Waals surface area contributed by atoms with Crippen molar-refractivity contribution in [3.05, 3.63) is 46.3 Å². The molecule has 19 heavy (non-hydrogen) atoms. The predicted octanol–water partition coefficient (Wildman–Crippen LogP) is 3.26. The van der Waals surface area contributed by atoms with Crippen molar-refractivity contribution in [2.75, 3.05) is 11.9 Å². The zero-order chi connectivity index (χ0) is 13.8. The van der Waals surface area contributed by atoms with Crippen molar-refractivity contribution in [2.24, 2.45) is 0 Å². The average molecular weight is 276 g/mol. The van der Waals surface area contributed by atoms with E-state index in [1.165, 1.54) is 4.88 Å². The molecule has 2 rings (SSSR count). The molecule has 0 saturated heterocycles. The Morgan fingerprint density at radius 2 is 2.11 bits per heavy atom. The van der Waals surface area contributed by atoms with Gasteiger partial charge in [0.15, 0.2) is 0 Å². The van der Waals surface area contributed by atoms with Crippen molar-refractivity contribution in [3.63, 3.8) is 0 Å². The van der Waals surface area contributed by atoms with E-state index >= 15 is 0 Å². The van der Waals surface area contributed by atoms with E-state index in [4.69, 9.17) is 0 Å². The molecule has 0 aliphatic carbocycles. The zero-order valence-corrected chi connectivity index (χ0v) is 12.4. The first-order chi connectivity index (χ1) is 9.09. The summed E-state index contributed by atoms with van der Waals surface area (Å²) < 4.78 is 0. The van der Waals surface area contributed by atoms with Gasteiger partial charge in [0.2, 0.25) is 0 Å². The van der Waals surface area contributed by atoms with Crippen LogP contribution < -0.4 is 4.90 Å². The normalized spacial score (nSPS) is 14.1. The predicted molar refractivity (Wildman–Crippen MR) is 80.8 cm³/mol. The van der Waals surface area contributed by atoms with E-state index in [1.54, 1.807) is 24.5 Å². The monoisotopic (exact) mass is 276 g/mol. The standard InChI is InChI=1S/C15H20N2OS/c1-11(10-13-6-5-9-19-13)17(3)15-14(12(2)18)7-4-8-16-15/h4-9,11-12,18H,10H2,1-3H3. The number of anilines is 1. The fourth-order valence-electron chi connectivity index (χ4n) is 2.10. The van der Waals surface area contributed by atoms with Gasteiger partial charge in [-0.1, -0.05) is 12.1 Å². The summed E-state index contributed by atoms with van der Waals surface area (Å²) in [5, 5.41) is 11.9. The molecule has 102 valence electrons. The number of thiophene rings is 1. The summed E-state index contributed by atoms with van der Waals surface area (Å²) in [7, 11) is 2.03. The van der Waals surface area contributed by atoms with Gasteiger partial charge in [0.1, 0.15) is 5.82 Å².